The van der Waals surface area contributed by atoms with Crippen LogP contribution in [0.1, 0.15) is 0 Å². The van der Waals surface area contributed by atoms with E-state index < -0.39 is 15.7 Å². The molecule has 0 radical (unpaired) electrons. The molecule has 27 heavy (non-hydrogen) atoms. The van der Waals surface area contributed by atoms with Crippen LogP contribution < -0.4 is 10.6 Å². The van der Waals surface area contributed by atoms with Crippen molar-refractivity contribution in [3.05, 3.63) is 84.7 Å². The van der Waals surface area contributed by atoms with Gasteiger partial charge in [0.25, 0.3) is 0 Å². The molecule has 0 aliphatic rings. The zero-order valence-corrected chi connectivity index (χ0v) is 15.0. The predicted octanol–water partition coefficient (Wildman–Crippen LogP) is 3.71. The number of rotatable bonds is 6. The van der Waals surface area contributed by atoms with E-state index in [1.54, 1.807) is 36.4 Å². The van der Waals surface area contributed by atoms with E-state index in [2.05, 4.69) is 10.6 Å². The Balaban J connectivity index is 1.75. The number of sulfone groups is 1. The summed E-state index contributed by atoms with van der Waals surface area (Å²) in [6.45, 7) is -0.140. The highest BCUT2D eigenvalue weighted by Crippen LogP contribution is 2.27. The van der Waals surface area contributed by atoms with Crippen molar-refractivity contribution >= 4 is 27.1 Å². The fourth-order valence-corrected chi connectivity index (χ4v) is 3.94. The number of hydrogen-bond acceptors (Lipinski definition) is 4. The second kappa shape index (κ2) is 8.01. The van der Waals surface area contributed by atoms with Gasteiger partial charge in [-0.05, 0) is 48.5 Å². The van der Waals surface area contributed by atoms with Crippen molar-refractivity contribution in [1.29, 1.82) is 0 Å². The molecule has 3 aromatic carbocycles. The predicted molar refractivity (Wildman–Crippen MR) is 102 cm³/mol. The smallest absolute Gasteiger partial charge is 0.243 e. The number of para-hydroxylation sites is 1. The van der Waals surface area contributed by atoms with Crippen LogP contribution >= 0.6 is 0 Å². The summed E-state index contributed by atoms with van der Waals surface area (Å²) in [5, 5.41) is 5.47. The van der Waals surface area contributed by atoms with Crippen molar-refractivity contribution in [3.63, 3.8) is 0 Å². The number of nitrogens with one attached hydrogen (secondary N) is 2. The monoisotopic (exact) mass is 384 g/mol. The minimum absolute atomic E-state index is 0.0887. The lowest BCUT2D eigenvalue weighted by Crippen LogP contribution is -2.22. The van der Waals surface area contributed by atoms with E-state index in [1.165, 1.54) is 42.5 Å². The molecule has 2 N–H and O–H groups in total. The Morgan fingerprint density at radius 3 is 2.19 bits per heavy atom. The molecule has 7 heteroatoms. The van der Waals surface area contributed by atoms with Gasteiger partial charge in [0.05, 0.1) is 22.0 Å². The van der Waals surface area contributed by atoms with Crippen LogP contribution in [0.3, 0.4) is 0 Å². The van der Waals surface area contributed by atoms with Crippen LogP contribution in [0, 0.1) is 5.82 Å². The normalized spacial score (nSPS) is 11.0. The van der Waals surface area contributed by atoms with Crippen LogP contribution in [0.15, 0.2) is 88.7 Å². The minimum Gasteiger partial charge on any atom is -0.375 e. The third-order valence-corrected chi connectivity index (χ3v) is 5.63. The Morgan fingerprint density at radius 1 is 0.852 bits per heavy atom. The maximum absolute atomic E-state index is 12.9. The first-order valence-electron chi connectivity index (χ1n) is 8.15. The summed E-state index contributed by atoms with van der Waals surface area (Å²) in [4.78, 5) is 12.3. The topological polar surface area (TPSA) is 75.3 Å². The lowest BCUT2D eigenvalue weighted by molar-refractivity contribution is -0.114. The largest absolute Gasteiger partial charge is 0.375 e. The molecule has 0 bridgehead atoms. The van der Waals surface area contributed by atoms with Gasteiger partial charge in [-0.15, -0.1) is 0 Å². The van der Waals surface area contributed by atoms with Crippen molar-refractivity contribution in [1.82, 2.24) is 0 Å². The van der Waals surface area contributed by atoms with E-state index in [9.17, 15) is 17.6 Å². The van der Waals surface area contributed by atoms with E-state index in [0.717, 1.165) is 0 Å². The first kappa shape index (κ1) is 18.6. The van der Waals surface area contributed by atoms with Gasteiger partial charge in [-0.25, -0.2) is 12.8 Å². The second-order valence-electron chi connectivity index (χ2n) is 5.72. The fraction of sp³-hybridized carbons (Fsp3) is 0.0500. The van der Waals surface area contributed by atoms with Gasteiger partial charge in [0.15, 0.2) is 0 Å². The van der Waals surface area contributed by atoms with E-state index >= 15 is 0 Å². The number of amides is 1. The SMILES string of the molecule is O=C(CNc1ccccc1S(=O)(=O)c1ccccc1)Nc1ccc(F)cc1. The molecular formula is C20H17FN2O3S. The molecule has 5 nitrogen and oxygen atoms in total. The molecule has 0 saturated heterocycles. The maximum Gasteiger partial charge on any atom is 0.243 e. The average Bonchev–Trinajstić information content (AvgIpc) is 2.69. The summed E-state index contributed by atoms with van der Waals surface area (Å²) in [6.07, 6.45) is 0. The molecule has 1 amide bonds. The summed E-state index contributed by atoms with van der Waals surface area (Å²) in [6, 6.07) is 19.9. The third kappa shape index (κ3) is 4.51. The maximum atomic E-state index is 12.9. The van der Waals surface area contributed by atoms with Gasteiger partial charge >= 0.3 is 0 Å². The van der Waals surface area contributed by atoms with E-state index in [0.29, 0.717) is 11.4 Å². The highest BCUT2D eigenvalue weighted by molar-refractivity contribution is 7.91. The van der Waals surface area contributed by atoms with Gasteiger partial charge in [-0.2, -0.15) is 0 Å². The summed E-state index contributed by atoms with van der Waals surface area (Å²) >= 11 is 0. The molecule has 0 aliphatic heterocycles. The van der Waals surface area contributed by atoms with Crippen molar-refractivity contribution in [2.75, 3.05) is 17.2 Å². The highest BCUT2D eigenvalue weighted by atomic mass is 32.2. The molecule has 0 saturated carbocycles. The summed E-state index contributed by atoms with van der Waals surface area (Å²) in [5.74, 6) is -0.778. The van der Waals surface area contributed by atoms with Crippen LogP contribution in [0.2, 0.25) is 0 Å². The molecule has 0 unspecified atom stereocenters. The van der Waals surface area contributed by atoms with Crippen LogP contribution in [-0.2, 0) is 14.6 Å². The Morgan fingerprint density at radius 2 is 1.48 bits per heavy atom. The molecule has 0 fully saturated rings. The van der Waals surface area contributed by atoms with Crippen molar-refractivity contribution < 1.29 is 17.6 Å². The Hall–Kier alpha value is -3.19. The van der Waals surface area contributed by atoms with Gasteiger partial charge < -0.3 is 10.6 Å². The van der Waals surface area contributed by atoms with Gasteiger partial charge in [0.1, 0.15) is 5.82 Å². The zero-order valence-electron chi connectivity index (χ0n) is 14.2. The summed E-state index contributed by atoms with van der Waals surface area (Å²) in [7, 11) is -3.72. The van der Waals surface area contributed by atoms with Crippen LogP contribution in [0.5, 0.6) is 0 Å². The molecular weight excluding hydrogens is 367 g/mol. The Bertz CT molecular complexity index is 1040. The highest BCUT2D eigenvalue weighted by Gasteiger charge is 2.21. The third-order valence-electron chi connectivity index (χ3n) is 3.80. The Labute approximate surface area is 156 Å². The standard InChI is InChI=1S/C20H17FN2O3S/c21-15-10-12-16(13-11-15)23-20(24)14-22-18-8-4-5-9-19(18)27(25,26)17-6-2-1-3-7-17/h1-13,22H,14H2,(H,23,24). The molecule has 138 valence electrons. The summed E-state index contributed by atoms with van der Waals surface area (Å²) < 4.78 is 38.6. The number of anilines is 2. The first-order valence-corrected chi connectivity index (χ1v) is 9.63. The molecule has 3 rings (SSSR count). The first-order chi connectivity index (χ1) is 13.0. The van der Waals surface area contributed by atoms with Crippen LogP contribution in [0.25, 0.3) is 0 Å². The van der Waals surface area contributed by atoms with Gasteiger partial charge in [-0.3, -0.25) is 4.79 Å². The molecule has 0 aromatic heterocycles. The van der Waals surface area contributed by atoms with Crippen molar-refractivity contribution in [2.45, 2.75) is 9.79 Å². The van der Waals surface area contributed by atoms with E-state index in [4.69, 9.17) is 0 Å². The van der Waals surface area contributed by atoms with E-state index in [-0.39, 0.29) is 22.2 Å². The van der Waals surface area contributed by atoms with Gasteiger partial charge in [0.2, 0.25) is 15.7 Å². The number of hydrogen-bond donors (Lipinski definition) is 2. The van der Waals surface area contributed by atoms with Crippen LogP contribution in [0.4, 0.5) is 15.8 Å². The lowest BCUT2D eigenvalue weighted by Gasteiger charge is -2.13. The number of carbonyl (C=O) groups excluding carboxylic acids is 1. The molecule has 0 spiro atoms. The quantitative estimate of drug-likeness (QED) is 0.679. The van der Waals surface area contributed by atoms with Crippen LogP contribution in [-0.4, -0.2) is 20.9 Å². The van der Waals surface area contributed by atoms with Crippen molar-refractivity contribution in [2.24, 2.45) is 0 Å². The zero-order chi connectivity index (χ0) is 19.3. The Kier molecular flexibility index (Phi) is 5.52. The molecule has 3 aromatic rings. The minimum atomic E-state index is -3.72. The average molecular weight is 384 g/mol. The van der Waals surface area contributed by atoms with Gasteiger partial charge in [0, 0.05) is 5.69 Å². The van der Waals surface area contributed by atoms with Crippen molar-refractivity contribution in [3.8, 4) is 0 Å². The molecule has 0 heterocycles. The molecule has 0 aliphatic carbocycles. The second-order valence-corrected chi connectivity index (χ2v) is 7.64. The number of halogens is 1. The lowest BCUT2D eigenvalue weighted by atomic mass is 10.3. The fourth-order valence-electron chi connectivity index (χ4n) is 2.49. The number of benzene rings is 3. The summed E-state index contributed by atoms with van der Waals surface area (Å²) in [5.41, 5.74) is 0.781. The molecule has 0 atom stereocenters. The van der Waals surface area contributed by atoms with E-state index in [1.807, 2.05) is 0 Å². The number of carbonyl (C=O) groups is 1. The van der Waals surface area contributed by atoms with Gasteiger partial charge in [-0.1, -0.05) is 30.3 Å².